The molecule has 0 aliphatic rings. The summed E-state index contributed by atoms with van der Waals surface area (Å²) in [6.07, 6.45) is 3.44. The van der Waals surface area contributed by atoms with E-state index < -0.39 is 0 Å². The number of nitrogens with one attached hydrogen (secondary N) is 1. The van der Waals surface area contributed by atoms with Crippen molar-refractivity contribution in [3.8, 4) is 5.69 Å². The third kappa shape index (κ3) is 3.24. The maximum atomic E-state index is 12.4. The Kier molecular flexibility index (Phi) is 4.27. The predicted octanol–water partition coefficient (Wildman–Crippen LogP) is 3.28. The fourth-order valence-corrected chi connectivity index (χ4v) is 2.64. The molecule has 1 N–H and O–H groups in total. The first-order chi connectivity index (χ1) is 11.9. The molecule has 0 saturated carbocycles. The Balaban J connectivity index is 1.78. The standard InChI is InChI=1S/C19H20N4O2/c1-12-13(2)23(11-20-12)17-7-5-16(6-8-17)21-19(25)18-9-15(14(3)24)10-22(18)4/h5-11H,1-4H3,(H,21,25). The Bertz CT molecular complexity index is 948. The van der Waals surface area contributed by atoms with E-state index in [1.165, 1.54) is 6.92 Å². The fraction of sp³-hybridized carbons (Fsp3) is 0.211. The first-order valence-corrected chi connectivity index (χ1v) is 7.96. The summed E-state index contributed by atoms with van der Waals surface area (Å²) in [4.78, 5) is 28.2. The zero-order valence-electron chi connectivity index (χ0n) is 14.7. The van der Waals surface area contributed by atoms with Crippen molar-refractivity contribution in [2.75, 3.05) is 5.32 Å². The minimum atomic E-state index is -0.252. The van der Waals surface area contributed by atoms with Crippen molar-refractivity contribution in [2.45, 2.75) is 20.8 Å². The third-order valence-electron chi connectivity index (χ3n) is 4.30. The smallest absolute Gasteiger partial charge is 0.272 e. The number of aromatic nitrogens is 3. The zero-order valence-corrected chi connectivity index (χ0v) is 14.7. The van der Waals surface area contributed by atoms with E-state index in [-0.39, 0.29) is 11.7 Å². The van der Waals surface area contributed by atoms with Crippen LogP contribution in [0, 0.1) is 13.8 Å². The molecule has 0 atom stereocenters. The van der Waals surface area contributed by atoms with Gasteiger partial charge in [-0.05, 0) is 51.1 Å². The molecule has 0 fully saturated rings. The number of rotatable bonds is 4. The first-order valence-electron chi connectivity index (χ1n) is 7.96. The normalized spacial score (nSPS) is 10.7. The van der Waals surface area contributed by atoms with Gasteiger partial charge in [-0.1, -0.05) is 0 Å². The highest BCUT2D eigenvalue weighted by Gasteiger charge is 2.14. The third-order valence-corrected chi connectivity index (χ3v) is 4.30. The van der Waals surface area contributed by atoms with E-state index >= 15 is 0 Å². The van der Waals surface area contributed by atoms with Crippen LogP contribution in [0.2, 0.25) is 0 Å². The molecule has 3 aromatic rings. The molecule has 6 heteroatoms. The number of anilines is 1. The fourth-order valence-electron chi connectivity index (χ4n) is 2.64. The molecule has 0 aliphatic heterocycles. The molecular formula is C19H20N4O2. The van der Waals surface area contributed by atoms with Crippen LogP contribution in [0.5, 0.6) is 0 Å². The van der Waals surface area contributed by atoms with Crippen LogP contribution in [0.1, 0.15) is 39.2 Å². The number of carbonyl (C=O) groups excluding carboxylic acids is 2. The average molecular weight is 336 g/mol. The van der Waals surface area contributed by atoms with E-state index in [0.29, 0.717) is 16.9 Å². The van der Waals surface area contributed by atoms with Crippen LogP contribution >= 0.6 is 0 Å². The molecule has 0 aliphatic carbocycles. The second-order valence-corrected chi connectivity index (χ2v) is 6.07. The quantitative estimate of drug-likeness (QED) is 0.743. The van der Waals surface area contributed by atoms with E-state index in [9.17, 15) is 9.59 Å². The Labute approximate surface area is 146 Å². The van der Waals surface area contributed by atoms with Crippen molar-refractivity contribution in [1.82, 2.24) is 14.1 Å². The molecule has 3 rings (SSSR count). The molecule has 1 amide bonds. The van der Waals surface area contributed by atoms with E-state index in [0.717, 1.165) is 17.1 Å². The molecule has 2 aromatic heterocycles. The molecule has 25 heavy (non-hydrogen) atoms. The van der Waals surface area contributed by atoms with Crippen LogP contribution in [0.15, 0.2) is 42.9 Å². The summed E-state index contributed by atoms with van der Waals surface area (Å²) in [6.45, 7) is 5.46. The molecule has 128 valence electrons. The van der Waals surface area contributed by atoms with Gasteiger partial charge in [0, 0.05) is 35.9 Å². The summed E-state index contributed by atoms with van der Waals surface area (Å²) < 4.78 is 3.65. The van der Waals surface area contributed by atoms with Gasteiger partial charge in [0.1, 0.15) is 5.69 Å². The molecule has 0 spiro atoms. The summed E-state index contributed by atoms with van der Waals surface area (Å²) in [5.41, 5.74) is 4.70. The molecule has 6 nitrogen and oxygen atoms in total. The van der Waals surface area contributed by atoms with Crippen LogP contribution in [-0.2, 0) is 7.05 Å². The number of amides is 1. The number of aryl methyl sites for hydroxylation is 2. The molecule has 0 radical (unpaired) electrons. The van der Waals surface area contributed by atoms with Gasteiger partial charge in [0.25, 0.3) is 5.91 Å². The lowest BCUT2D eigenvalue weighted by atomic mass is 10.2. The van der Waals surface area contributed by atoms with E-state index in [1.807, 2.05) is 42.7 Å². The zero-order chi connectivity index (χ0) is 18.1. The van der Waals surface area contributed by atoms with Crippen LogP contribution < -0.4 is 5.32 Å². The van der Waals surface area contributed by atoms with Gasteiger partial charge in [-0.15, -0.1) is 0 Å². The number of hydrogen-bond donors (Lipinski definition) is 1. The van der Waals surface area contributed by atoms with E-state index in [2.05, 4.69) is 10.3 Å². The Morgan fingerprint density at radius 2 is 1.80 bits per heavy atom. The SMILES string of the molecule is CC(=O)c1cc(C(=O)Nc2ccc(-n3cnc(C)c3C)cc2)n(C)c1. The van der Waals surface area contributed by atoms with Crippen LogP contribution in [0.4, 0.5) is 5.69 Å². The number of nitrogens with zero attached hydrogens (tertiary/aromatic N) is 3. The summed E-state index contributed by atoms with van der Waals surface area (Å²) in [6, 6.07) is 9.14. The lowest BCUT2D eigenvalue weighted by Crippen LogP contribution is -2.15. The Morgan fingerprint density at radius 1 is 1.12 bits per heavy atom. The van der Waals surface area contributed by atoms with Gasteiger partial charge in [0.05, 0.1) is 12.0 Å². The minimum absolute atomic E-state index is 0.0648. The van der Waals surface area contributed by atoms with Crippen molar-refractivity contribution in [3.63, 3.8) is 0 Å². The Hall–Kier alpha value is -3.15. The van der Waals surface area contributed by atoms with Gasteiger partial charge in [-0.3, -0.25) is 9.59 Å². The summed E-state index contributed by atoms with van der Waals surface area (Å²) >= 11 is 0. The van der Waals surface area contributed by atoms with Crippen LogP contribution in [0.25, 0.3) is 5.69 Å². The summed E-state index contributed by atoms with van der Waals surface area (Å²) in [5, 5.41) is 2.85. The number of carbonyl (C=O) groups is 2. The van der Waals surface area contributed by atoms with Gasteiger partial charge < -0.3 is 14.5 Å². The highest BCUT2D eigenvalue weighted by atomic mass is 16.2. The van der Waals surface area contributed by atoms with Crippen molar-refractivity contribution in [3.05, 3.63) is 65.5 Å². The monoisotopic (exact) mass is 336 g/mol. The summed E-state index contributed by atoms with van der Waals surface area (Å²) in [5.74, 6) is -0.317. The van der Waals surface area contributed by atoms with Crippen LogP contribution in [0.3, 0.4) is 0 Å². The van der Waals surface area contributed by atoms with E-state index in [1.54, 1.807) is 30.2 Å². The molecule has 0 bridgehead atoms. The van der Waals surface area contributed by atoms with Gasteiger partial charge in [-0.25, -0.2) is 4.98 Å². The number of ketones is 1. The highest BCUT2D eigenvalue weighted by Crippen LogP contribution is 2.18. The largest absolute Gasteiger partial charge is 0.346 e. The first kappa shape index (κ1) is 16.7. The van der Waals surface area contributed by atoms with E-state index in [4.69, 9.17) is 0 Å². The van der Waals surface area contributed by atoms with Crippen molar-refractivity contribution in [2.24, 2.45) is 7.05 Å². The highest BCUT2D eigenvalue weighted by molar-refractivity contribution is 6.05. The number of hydrogen-bond acceptors (Lipinski definition) is 3. The van der Waals surface area contributed by atoms with Crippen molar-refractivity contribution >= 4 is 17.4 Å². The second-order valence-electron chi connectivity index (χ2n) is 6.07. The van der Waals surface area contributed by atoms with Crippen molar-refractivity contribution < 1.29 is 9.59 Å². The lowest BCUT2D eigenvalue weighted by molar-refractivity contribution is 0.101. The maximum absolute atomic E-state index is 12.4. The number of imidazole rings is 1. The van der Waals surface area contributed by atoms with Crippen molar-refractivity contribution in [1.29, 1.82) is 0 Å². The predicted molar refractivity (Wildman–Crippen MR) is 96.4 cm³/mol. The minimum Gasteiger partial charge on any atom is -0.346 e. The topological polar surface area (TPSA) is 68.9 Å². The van der Waals surface area contributed by atoms with Gasteiger partial charge in [-0.2, -0.15) is 0 Å². The number of Topliss-reactive ketones (excluding diaryl/α,β-unsaturated/α-hetero) is 1. The number of benzene rings is 1. The Morgan fingerprint density at radius 3 is 2.32 bits per heavy atom. The molecule has 0 saturated heterocycles. The molecule has 1 aromatic carbocycles. The van der Waals surface area contributed by atoms with Gasteiger partial charge >= 0.3 is 0 Å². The van der Waals surface area contributed by atoms with Crippen LogP contribution in [-0.4, -0.2) is 25.8 Å². The molecule has 2 heterocycles. The maximum Gasteiger partial charge on any atom is 0.272 e. The molecule has 0 unspecified atom stereocenters. The molecular weight excluding hydrogens is 316 g/mol. The lowest BCUT2D eigenvalue weighted by Gasteiger charge is -2.09. The second kappa shape index (κ2) is 6.39. The summed E-state index contributed by atoms with van der Waals surface area (Å²) in [7, 11) is 1.74. The average Bonchev–Trinajstić information content (AvgIpc) is 3.12. The van der Waals surface area contributed by atoms with Gasteiger partial charge in [0.15, 0.2) is 5.78 Å². The van der Waals surface area contributed by atoms with Gasteiger partial charge in [0.2, 0.25) is 0 Å².